The number of hydrogen-bond donors (Lipinski definition) is 2. The Hall–Kier alpha value is -2.17. The standard InChI is InChI=1S/C21H27N3O2/c25-20(19-17-8-4-5-9-18(17)23-24-19)14-10-12-16(13-11-14)22-21(26)15-6-2-1-3-7-15/h4-5,8-9,14-16H,1-3,6-7,10-13H2,(H,22,26)(H,23,24). The van der Waals surface area contributed by atoms with Crippen molar-refractivity contribution in [3.8, 4) is 0 Å². The first kappa shape index (κ1) is 17.3. The van der Waals surface area contributed by atoms with Crippen LogP contribution in [0.15, 0.2) is 24.3 Å². The summed E-state index contributed by atoms with van der Waals surface area (Å²) < 4.78 is 0. The van der Waals surface area contributed by atoms with Crippen LogP contribution in [0, 0.1) is 11.8 Å². The number of carbonyl (C=O) groups is 2. The van der Waals surface area contributed by atoms with Crippen LogP contribution in [0.2, 0.25) is 0 Å². The van der Waals surface area contributed by atoms with E-state index in [0.29, 0.717) is 5.69 Å². The van der Waals surface area contributed by atoms with E-state index in [2.05, 4.69) is 15.5 Å². The minimum absolute atomic E-state index is 0.0181. The van der Waals surface area contributed by atoms with E-state index >= 15 is 0 Å². The third kappa shape index (κ3) is 3.53. The quantitative estimate of drug-likeness (QED) is 0.816. The molecule has 2 aliphatic carbocycles. The van der Waals surface area contributed by atoms with Gasteiger partial charge in [0.15, 0.2) is 5.78 Å². The first-order valence-electron chi connectivity index (χ1n) is 10.00. The summed E-state index contributed by atoms with van der Waals surface area (Å²) in [5.74, 6) is 0.598. The highest BCUT2D eigenvalue weighted by Gasteiger charge is 2.31. The molecule has 0 spiro atoms. The highest BCUT2D eigenvalue weighted by Crippen LogP contribution is 2.30. The Kier molecular flexibility index (Phi) is 5.05. The molecule has 2 fully saturated rings. The number of Topliss-reactive ketones (excluding diaryl/α,β-unsaturated/α-hetero) is 1. The number of nitrogens with zero attached hydrogens (tertiary/aromatic N) is 1. The lowest BCUT2D eigenvalue weighted by Gasteiger charge is -2.30. The molecule has 0 saturated heterocycles. The predicted molar refractivity (Wildman–Crippen MR) is 101 cm³/mol. The summed E-state index contributed by atoms with van der Waals surface area (Å²) >= 11 is 0. The number of para-hydroxylation sites is 1. The average Bonchev–Trinajstić information content (AvgIpc) is 3.13. The monoisotopic (exact) mass is 353 g/mol. The van der Waals surface area contributed by atoms with Crippen molar-refractivity contribution in [2.45, 2.75) is 63.8 Å². The van der Waals surface area contributed by atoms with Crippen LogP contribution < -0.4 is 5.32 Å². The first-order chi connectivity index (χ1) is 12.7. The Labute approximate surface area is 153 Å². The van der Waals surface area contributed by atoms with E-state index in [1.807, 2.05) is 24.3 Å². The van der Waals surface area contributed by atoms with Crippen molar-refractivity contribution in [1.29, 1.82) is 0 Å². The summed E-state index contributed by atoms with van der Waals surface area (Å²) in [5.41, 5.74) is 1.47. The zero-order chi connectivity index (χ0) is 17.9. The van der Waals surface area contributed by atoms with Gasteiger partial charge in [-0.25, -0.2) is 0 Å². The molecule has 1 aromatic carbocycles. The van der Waals surface area contributed by atoms with Crippen LogP contribution in [0.25, 0.3) is 10.9 Å². The van der Waals surface area contributed by atoms with Gasteiger partial charge >= 0.3 is 0 Å². The summed E-state index contributed by atoms with van der Waals surface area (Å²) in [6.07, 6.45) is 9.12. The molecule has 2 aromatic rings. The number of aromatic amines is 1. The summed E-state index contributed by atoms with van der Waals surface area (Å²) in [6, 6.07) is 7.99. The largest absolute Gasteiger partial charge is 0.353 e. The lowest BCUT2D eigenvalue weighted by Crippen LogP contribution is -2.42. The highest BCUT2D eigenvalue weighted by atomic mass is 16.2. The van der Waals surface area contributed by atoms with E-state index in [0.717, 1.165) is 49.4 Å². The van der Waals surface area contributed by atoms with Gasteiger partial charge < -0.3 is 5.32 Å². The molecular formula is C21H27N3O2. The van der Waals surface area contributed by atoms with E-state index < -0.39 is 0 Å². The van der Waals surface area contributed by atoms with E-state index in [4.69, 9.17) is 0 Å². The Morgan fingerprint density at radius 2 is 1.65 bits per heavy atom. The average molecular weight is 353 g/mol. The van der Waals surface area contributed by atoms with Crippen molar-refractivity contribution in [2.24, 2.45) is 11.8 Å². The van der Waals surface area contributed by atoms with Gasteiger partial charge in [-0.2, -0.15) is 5.10 Å². The minimum Gasteiger partial charge on any atom is -0.353 e. The molecule has 1 heterocycles. The number of H-pyrrole nitrogens is 1. The lowest BCUT2D eigenvalue weighted by molar-refractivity contribution is -0.126. The number of fused-ring (bicyclic) bond motifs is 1. The van der Waals surface area contributed by atoms with Gasteiger partial charge in [0.05, 0.1) is 5.52 Å². The summed E-state index contributed by atoms with van der Waals surface area (Å²) in [5, 5.41) is 11.4. The van der Waals surface area contributed by atoms with Crippen LogP contribution in [0.3, 0.4) is 0 Å². The molecule has 26 heavy (non-hydrogen) atoms. The van der Waals surface area contributed by atoms with Crippen molar-refractivity contribution < 1.29 is 9.59 Å². The van der Waals surface area contributed by atoms with Crippen molar-refractivity contribution in [3.05, 3.63) is 30.0 Å². The van der Waals surface area contributed by atoms with Crippen LogP contribution in [-0.2, 0) is 4.79 Å². The third-order valence-electron chi connectivity index (χ3n) is 6.12. The highest BCUT2D eigenvalue weighted by molar-refractivity contribution is 6.06. The molecule has 5 heteroatoms. The minimum atomic E-state index is 0.0181. The zero-order valence-electron chi connectivity index (χ0n) is 15.2. The number of rotatable bonds is 4. The van der Waals surface area contributed by atoms with Gasteiger partial charge in [0, 0.05) is 23.3 Å². The van der Waals surface area contributed by atoms with Gasteiger partial charge in [0.2, 0.25) is 5.91 Å². The first-order valence-corrected chi connectivity index (χ1v) is 10.00. The maximum Gasteiger partial charge on any atom is 0.223 e. The molecule has 1 amide bonds. The molecule has 5 nitrogen and oxygen atoms in total. The summed E-state index contributed by atoms with van der Waals surface area (Å²) in [6.45, 7) is 0. The third-order valence-corrected chi connectivity index (χ3v) is 6.12. The van der Waals surface area contributed by atoms with Gasteiger partial charge in [-0.1, -0.05) is 37.5 Å². The van der Waals surface area contributed by atoms with Gasteiger partial charge in [0.1, 0.15) is 5.69 Å². The number of amides is 1. The molecular weight excluding hydrogens is 326 g/mol. The second-order valence-corrected chi connectivity index (χ2v) is 7.87. The number of nitrogens with one attached hydrogen (secondary N) is 2. The Morgan fingerprint density at radius 1 is 0.923 bits per heavy atom. The van der Waals surface area contributed by atoms with Gasteiger partial charge in [0.25, 0.3) is 0 Å². The number of carbonyl (C=O) groups excluding carboxylic acids is 2. The van der Waals surface area contributed by atoms with E-state index in [1.54, 1.807) is 0 Å². The fraction of sp³-hybridized carbons (Fsp3) is 0.571. The molecule has 138 valence electrons. The SMILES string of the molecule is O=C(NC1CCC(C(=O)c2n[nH]c3ccccc23)CC1)C1CCCCC1. The molecule has 2 saturated carbocycles. The van der Waals surface area contributed by atoms with Crippen LogP contribution in [-0.4, -0.2) is 27.9 Å². The maximum absolute atomic E-state index is 12.9. The number of ketones is 1. The predicted octanol–water partition coefficient (Wildman–Crippen LogP) is 4.00. The van der Waals surface area contributed by atoms with Gasteiger partial charge in [-0.15, -0.1) is 0 Å². The van der Waals surface area contributed by atoms with Crippen molar-refractivity contribution in [1.82, 2.24) is 15.5 Å². The molecule has 0 unspecified atom stereocenters. The fourth-order valence-electron chi connectivity index (χ4n) is 4.53. The number of hydrogen-bond acceptors (Lipinski definition) is 3. The molecule has 0 atom stereocenters. The molecule has 4 rings (SSSR count). The van der Waals surface area contributed by atoms with Crippen LogP contribution >= 0.6 is 0 Å². The zero-order valence-corrected chi connectivity index (χ0v) is 15.2. The van der Waals surface area contributed by atoms with E-state index in [9.17, 15) is 9.59 Å². The molecule has 0 bridgehead atoms. The molecule has 1 aromatic heterocycles. The maximum atomic E-state index is 12.9. The number of benzene rings is 1. The molecule has 2 aliphatic rings. The van der Waals surface area contributed by atoms with Crippen LogP contribution in [0.5, 0.6) is 0 Å². The molecule has 0 radical (unpaired) electrons. The van der Waals surface area contributed by atoms with Crippen LogP contribution in [0.1, 0.15) is 68.3 Å². The number of aromatic nitrogens is 2. The summed E-state index contributed by atoms with van der Waals surface area (Å²) in [4.78, 5) is 25.3. The Morgan fingerprint density at radius 3 is 2.42 bits per heavy atom. The Bertz CT molecular complexity index is 783. The normalized spacial score (nSPS) is 24.5. The fourth-order valence-corrected chi connectivity index (χ4v) is 4.53. The summed E-state index contributed by atoms with van der Waals surface area (Å²) in [7, 11) is 0. The van der Waals surface area contributed by atoms with Crippen molar-refractivity contribution in [3.63, 3.8) is 0 Å². The second-order valence-electron chi connectivity index (χ2n) is 7.87. The van der Waals surface area contributed by atoms with Gasteiger partial charge in [-0.3, -0.25) is 14.7 Å². The smallest absolute Gasteiger partial charge is 0.223 e. The second kappa shape index (κ2) is 7.60. The van der Waals surface area contributed by atoms with E-state index in [1.165, 1.54) is 19.3 Å². The topological polar surface area (TPSA) is 74.8 Å². The Balaban J connectivity index is 1.33. The lowest BCUT2D eigenvalue weighted by atomic mass is 9.81. The van der Waals surface area contributed by atoms with Crippen molar-refractivity contribution in [2.75, 3.05) is 0 Å². The van der Waals surface area contributed by atoms with E-state index in [-0.39, 0.29) is 29.6 Å². The molecule has 2 N–H and O–H groups in total. The van der Waals surface area contributed by atoms with Crippen molar-refractivity contribution >= 4 is 22.6 Å². The van der Waals surface area contributed by atoms with Gasteiger partial charge in [-0.05, 0) is 44.6 Å². The van der Waals surface area contributed by atoms with Crippen LogP contribution in [0.4, 0.5) is 0 Å². The molecule has 0 aliphatic heterocycles.